The summed E-state index contributed by atoms with van der Waals surface area (Å²) in [5.41, 5.74) is 0.429. The lowest BCUT2D eigenvalue weighted by Crippen LogP contribution is -2.41. The van der Waals surface area contributed by atoms with Crippen LogP contribution in [-0.4, -0.2) is 51.9 Å². The van der Waals surface area contributed by atoms with Crippen LogP contribution in [0.4, 0.5) is 17.6 Å². The van der Waals surface area contributed by atoms with Gasteiger partial charge in [0.2, 0.25) is 0 Å². The number of carbonyl (C=O) groups excluding carboxylic acids is 1. The second-order valence-corrected chi connectivity index (χ2v) is 7.98. The molecule has 0 spiro atoms. The maximum absolute atomic E-state index is 14.5. The third-order valence-electron chi connectivity index (χ3n) is 5.48. The first-order valence-corrected chi connectivity index (χ1v) is 10.4. The van der Waals surface area contributed by atoms with Gasteiger partial charge >= 0.3 is 6.18 Å². The fraction of sp³-hybridized carbons (Fsp3) is 0.333. The Morgan fingerprint density at radius 2 is 1.73 bits per heavy atom. The first-order valence-electron chi connectivity index (χ1n) is 10.4. The van der Waals surface area contributed by atoms with Crippen LogP contribution in [0.5, 0.6) is 0 Å². The van der Waals surface area contributed by atoms with Crippen LogP contribution in [-0.2, 0) is 12.6 Å². The number of benzene rings is 1. The third kappa shape index (κ3) is 6.89. The molecule has 3 aromatic rings. The van der Waals surface area contributed by atoms with Gasteiger partial charge in [0.25, 0.3) is 0 Å². The molecule has 0 N–H and O–H groups in total. The molecule has 2 aromatic heterocycles. The van der Waals surface area contributed by atoms with Gasteiger partial charge in [-0.05, 0) is 55.8 Å². The number of alkyl halides is 4. The van der Waals surface area contributed by atoms with E-state index in [1.807, 2.05) is 7.05 Å². The zero-order valence-electron chi connectivity index (χ0n) is 18.1. The van der Waals surface area contributed by atoms with E-state index in [0.29, 0.717) is 48.4 Å². The standard InChI is InChI=1S/C14H17F4N.C10H7N3O/c1-19-8-6-13(15,7-9-19)10-11-2-4-12(5-3-11)14(16,17)18;14-6-8-2-1-4-12-10(8)9-3-5-11-7-13-9/h2-5H,6-10H2,1H3;1-7H. The first-order chi connectivity index (χ1) is 15.7. The van der Waals surface area contributed by atoms with Crippen molar-refractivity contribution in [3.8, 4) is 11.4 Å². The van der Waals surface area contributed by atoms with Crippen LogP contribution in [0.25, 0.3) is 11.4 Å². The predicted octanol–water partition coefficient (Wildman–Crippen LogP) is 5.03. The number of nitrogens with zero attached hydrogens (tertiary/aromatic N) is 4. The van der Waals surface area contributed by atoms with Crippen LogP contribution in [0.1, 0.15) is 34.3 Å². The Bertz CT molecular complexity index is 1030. The maximum atomic E-state index is 14.5. The van der Waals surface area contributed by atoms with Gasteiger partial charge in [0.1, 0.15) is 12.0 Å². The van der Waals surface area contributed by atoms with Crippen molar-refractivity contribution < 1.29 is 22.4 Å². The van der Waals surface area contributed by atoms with Crippen LogP contribution in [0, 0.1) is 0 Å². The summed E-state index contributed by atoms with van der Waals surface area (Å²) in [5.74, 6) is 0. The summed E-state index contributed by atoms with van der Waals surface area (Å²) >= 11 is 0. The Morgan fingerprint density at radius 3 is 2.30 bits per heavy atom. The largest absolute Gasteiger partial charge is 0.416 e. The van der Waals surface area contributed by atoms with E-state index in [2.05, 4.69) is 19.9 Å². The summed E-state index contributed by atoms with van der Waals surface area (Å²) < 4.78 is 51.8. The van der Waals surface area contributed by atoms with Gasteiger partial charge in [-0.3, -0.25) is 9.78 Å². The topological polar surface area (TPSA) is 59.0 Å². The van der Waals surface area contributed by atoms with Gasteiger partial charge in [0.05, 0.1) is 17.0 Å². The summed E-state index contributed by atoms with van der Waals surface area (Å²) in [6.45, 7) is 1.38. The number of likely N-dealkylation sites (tertiary alicyclic amines) is 1. The number of aromatic nitrogens is 3. The van der Waals surface area contributed by atoms with E-state index in [9.17, 15) is 22.4 Å². The van der Waals surface area contributed by atoms with Crippen molar-refractivity contribution in [1.82, 2.24) is 19.9 Å². The Kier molecular flexibility index (Phi) is 7.86. The van der Waals surface area contributed by atoms with Gasteiger partial charge in [-0.1, -0.05) is 12.1 Å². The molecule has 1 saturated heterocycles. The number of hydrogen-bond donors (Lipinski definition) is 0. The van der Waals surface area contributed by atoms with E-state index in [1.165, 1.54) is 18.5 Å². The molecule has 0 atom stereocenters. The van der Waals surface area contributed by atoms with Gasteiger partial charge < -0.3 is 4.90 Å². The number of pyridine rings is 1. The number of halogens is 4. The highest BCUT2D eigenvalue weighted by atomic mass is 19.4. The number of aldehydes is 1. The van der Waals surface area contributed by atoms with Crippen molar-refractivity contribution in [3.63, 3.8) is 0 Å². The lowest BCUT2D eigenvalue weighted by molar-refractivity contribution is -0.137. The van der Waals surface area contributed by atoms with E-state index in [0.717, 1.165) is 18.4 Å². The van der Waals surface area contributed by atoms with Crippen LogP contribution in [0.15, 0.2) is 61.2 Å². The summed E-state index contributed by atoms with van der Waals surface area (Å²) in [4.78, 5) is 24.7. The molecule has 0 radical (unpaired) electrons. The molecule has 1 aliphatic heterocycles. The predicted molar refractivity (Wildman–Crippen MR) is 116 cm³/mol. The number of piperidine rings is 1. The number of rotatable bonds is 4. The average Bonchev–Trinajstić information content (AvgIpc) is 2.82. The highest BCUT2D eigenvalue weighted by Crippen LogP contribution is 2.32. The van der Waals surface area contributed by atoms with E-state index in [-0.39, 0.29) is 6.42 Å². The summed E-state index contributed by atoms with van der Waals surface area (Å²) in [6, 6.07) is 9.94. The molecule has 3 heterocycles. The normalized spacial score (nSPS) is 15.9. The Balaban J connectivity index is 0.000000194. The van der Waals surface area contributed by atoms with Crippen molar-refractivity contribution in [1.29, 1.82) is 0 Å². The Labute approximate surface area is 189 Å². The smallest absolute Gasteiger partial charge is 0.306 e. The molecule has 4 rings (SSSR count). The molecular weight excluding hydrogens is 436 g/mol. The fourth-order valence-electron chi connectivity index (χ4n) is 3.53. The zero-order valence-corrected chi connectivity index (χ0v) is 18.1. The molecule has 1 aromatic carbocycles. The highest BCUT2D eigenvalue weighted by molar-refractivity contribution is 5.84. The molecule has 1 fully saturated rings. The average molecular weight is 460 g/mol. The van der Waals surface area contributed by atoms with E-state index < -0.39 is 17.4 Å². The number of carbonyl (C=O) groups is 1. The van der Waals surface area contributed by atoms with Crippen molar-refractivity contribution >= 4 is 6.29 Å². The minimum absolute atomic E-state index is 0.193. The maximum Gasteiger partial charge on any atom is 0.416 e. The first kappa shape index (κ1) is 24.4. The quantitative estimate of drug-likeness (QED) is 0.404. The van der Waals surface area contributed by atoms with Crippen molar-refractivity contribution in [2.75, 3.05) is 20.1 Å². The van der Waals surface area contributed by atoms with Gasteiger partial charge in [-0.2, -0.15) is 13.2 Å². The minimum Gasteiger partial charge on any atom is -0.306 e. The molecule has 0 amide bonds. The van der Waals surface area contributed by atoms with Crippen LogP contribution < -0.4 is 0 Å². The second kappa shape index (κ2) is 10.6. The van der Waals surface area contributed by atoms with Gasteiger partial charge in [-0.15, -0.1) is 0 Å². The Hall–Kier alpha value is -3.20. The zero-order chi connectivity index (χ0) is 23.9. The van der Waals surface area contributed by atoms with E-state index in [4.69, 9.17) is 0 Å². The highest BCUT2D eigenvalue weighted by Gasteiger charge is 2.34. The molecule has 9 heteroatoms. The third-order valence-corrected chi connectivity index (χ3v) is 5.48. The minimum atomic E-state index is -4.33. The molecule has 0 saturated carbocycles. The molecule has 33 heavy (non-hydrogen) atoms. The molecule has 5 nitrogen and oxygen atoms in total. The number of hydrogen-bond acceptors (Lipinski definition) is 5. The fourth-order valence-corrected chi connectivity index (χ4v) is 3.53. The summed E-state index contributed by atoms with van der Waals surface area (Å²) in [7, 11) is 1.94. The monoisotopic (exact) mass is 460 g/mol. The summed E-state index contributed by atoms with van der Waals surface area (Å²) in [5, 5.41) is 0. The van der Waals surface area contributed by atoms with Gasteiger partial charge in [0.15, 0.2) is 6.29 Å². The molecule has 1 aliphatic rings. The van der Waals surface area contributed by atoms with Crippen LogP contribution >= 0.6 is 0 Å². The van der Waals surface area contributed by atoms with E-state index in [1.54, 1.807) is 30.6 Å². The SMILES string of the molecule is CN1CCC(F)(Cc2ccc(C(F)(F)F)cc2)CC1.O=Cc1cccnc1-c1ccncn1. The van der Waals surface area contributed by atoms with Crippen LogP contribution in [0.2, 0.25) is 0 Å². The molecule has 0 bridgehead atoms. The van der Waals surface area contributed by atoms with Crippen molar-refractivity contribution in [2.45, 2.75) is 31.1 Å². The van der Waals surface area contributed by atoms with Crippen LogP contribution in [0.3, 0.4) is 0 Å². The lowest BCUT2D eigenvalue weighted by Gasteiger charge is -2.34. The molecular formula is C24H24F4N4O. The van der Waals surface area contributed by atoms with Crippen molar-refractivity contribution in [2.24, 2.45) is 0 Å². The summed E-state index contributed by atoms with van der Waals surface area (Å²) in [6.07, 6.45) is 2.17. The van der Waals surface area contributed by atoms with Gasteiger partial charge in [0, 0.05) is 37.5 Å². The molecule has 0 unspecified atom stereocenters. The lowest BCUT2D eigenvalue weighted by atomic mass is 9.87. The molecule has 174 valence electrons. The van der Waals surface area contributed by atoms with Gasteiger partial charge in [-0.25, -0.2) is 14.4 Å². The van der Waals surface area contributed by atoms with E-state index >= 15 is 0 Å². The van der Waals surface area contributed by atoms with Crippen molar-refractivity contribution in [3.05, 3.63) is 77.9 Å². The Morgan fingerprint density at radius 1 is 1.03 bits per heavy atom. The molecule has 0 aliphatic carbocycles. The second-order valence-electron chi connectivity index (χ2n) is 7.98.